The number of hydrogen-bond acceptors (Lipinski definition) is 4. The minimum Gasteiger partial charge on any atom is -0.466 e. The second-order valence-corrected chi connectivity index (χ2v) is 7.74. The van der Waals surface area contributed by atoms with Gasteiger partial charge in [-0.25, -0.2) is 0 Å². The van der Waals surface area contributed by atoms with Crippen LogP contribution in [0.3, 0.4) is 0 Å². The number of methoxy groups -OCH3 is 1. The minimum atomic E-state index is 0.0128. The largest absolute Gasteiger partial charge is 0.466 e. The summed E-state index contributed by atoms with van der Waals surface area (Å²) in [5, 5.41) is 0. The van der Waals surface area contributed by atoms with Crippen LogP contribution >= 0.6 is 0 Å². The molecule has 0 amide bonds. The number of likely N-dealkylation sites (tertiary alicyclic amines) is 1. The van der Waals surface area contributed by atoms with Gasteiger partial charge >= 0.3 is 5.97 Å². The fourth-order valence-corrected chi connectivity index (χ4v) is 4.36. The molecule has 0 aromatic carbocycles. The molecule has 3 unspecified atom stereocenters. The van der Waals surface area contributed by atoms with E-state index >= 15 is 0 Å². The number of piperidine rings is 1. The summed E-state index contributed by atoms with van der Waals surface area (Å²) in [6.07, 6.45) is 5.96. The van der Waals surface area contributed by atoms with Crippen molar-refractivity contribution in [2.75, 3.05) is 33.4 Å². The van der Waals surface area contributed by atoms with Gasteiger partial charge in [0, 0.05) is 13.2 Å². The third-order valence-electron chi connectivity index (χ3n) is 5.20. The van der Waals surface area contributed by atoms with E-state index in [4.69, 9.17) is 9.47 Å². The van der Waals surface area contributed by atoms with Gasteiger partial charge in [0.15, 0.2) is 0 Å². The van der Waals surface area contributed by atoms with Crippen molar-refractivity contribution in [3.05, 3.63) is 0 Å². The Morgan fingerprint density at radius 2 is 1.91 bits per heavy atom. The summed E-state index contributed by atoms with van der Waals surface area (Å²) < 4.78 is 10.7. The summed E-state index contributed by atoms with van der Waals surface area (Å²) in [6, 6.07) is 0.385. The third-order valence-corrected chi connectivity index (χ3v) is 5.20. The van der Waals surface area contributed by atoms with Gasteiger partial charge in [0.2, 0.25) is 0 Å². The molecular formula is C18H33NO3. The molecule has 1 aliphatic heterocycles. The summed E-state index contributed by atoms with van der Waals surface area (Å²) in [6.45, 7) is 9.97. The summed E-state index contributed by atoms with van der Waals surface area (Å²) in [5.74, 6) is 0.693. The lowest BCUT2D eigenvalue weighted by Gasteiger charge is -2.52. The zero-order chi connectivity index (χ0) is 16.2. The first-order valence-electron chi connectivity index (χ1n) is 8.88. The first-order chi connectivity index (χ1) is 10.5. The van der Waals surface area contributed by atoms with Crippen LogP contribution in [0.4, 0.5) is 0 Å². The standard InChI is InChI=1S/C18H33NO3/c1-5-22-17(20)15-11-14(12-18(2,3)13-21-4)16(15)19-9-7-6-8-10-19/h14-16H,5-13H2,1-4H3. The maximum Gasteiger partial charge on any atom is 0.310 e. The molecule has 4 nitrogen and oxygen atoms in total. The maximum atomic E-state index is 12.2. The van der Waals surface area contributed by atoms with E-state index < -0.39 is 0 Å². The predicted molar refractivity (Wildman–Crippen MR) is 87.7 cm³/mol. The predicted octanol–water partition coefficient (Wildman–Crippen LogP) is 3.10. The van der Waals surface area contributed by atoms with E-state index in [-0.39, 0.29) is 17.3 Å². The Hall–Kier alpha value is -0.610. The Labute approximate surface area is 135 Å². The molecule has 0 bridgehead atoms. The van der Waals surface area contributed by atoms with Crippen molar-refractivity contribution < 1.29 is 14.3 Å². The number of hydrogen-bond donors (Lipinski definition) is 0. The Kier molecular flexibility index (Phi) is 6.27. The van der Waals surface area contributed by atoms with Gasteiger partial charge in [-0.15, -0.1) is 0 Å². The number of carbonyl (C=O) groups excluding carboxylic acids is 1. The monoisotopic (exact) mass is 311 g/mol. The van der Waals surface area contributed by atoms with Crippen LogP contribution in [0.15, 0.2) is 0 Å². The molecule has 1 saturated carbocycles. The summed E-state index contributed by atoms with van der Waals surface area (Å²) in [4.78, 5) is 14.8. The third kappa shape index (κ3) is 4.23. The average molecular weight is 311 g/mol. The van der Waals surface area contributed by atoms with Crippen molar-refractivity contribution in [2.45, 2.75) is 58.9 Å². The van der Waals surface area contributed by atoms with E-state index in [1.54, 1.807) is 7.11 Å². The quantitative estimate of drug-likeness (QED) is 0.677. The summed E-state index contributed by atoms with van der Waals surface area (Å²) in [5.41, 5.74) is 0.174. The normalized spacial score (nSPS) is 29.9. The zero-order valence-electron chi connectivity index (χ0n) is 14.8. The fourth-order valence-electron chi connectivity index (χ4n) is 4.36. The van der Waals surface area contributed by atoms with E-state index in [1.165, 1.54) is 19.3 Å². The number of nitrogens with zero attached hydrogens (tertiary/aromatic N) is 1. The lowest BCUT2D eigenvalue weighted by atomic mass is 9.63. The molecule has 0 spiro atoms. The molecule has 1 saturated heterocycles. The van der Waals surface area contributed by atoms with Gasteiger partial charge in [0.1, 0.15) is 0 Å². The number of carbonyl (C=O) groups is 1. The van der Waals surface area contributed by atoms with Crippen LogP contribution in [-0.4, -0.2) is 50.3 Å². The van der Waals surface area contributed by atoms with Crippen molar-refractivity contribution in [1.82, 2.24) is 4.90 Å². The Bertz CT molecular complexity index is 363. The lowest BCUT2D eigenvalue weighted by Crippen LogP contribution is -2.58. The topological polar surface area (TPSA) is 38.8 Å². The van der Waals surface area contributed by atoms with Gasteiger partial charge in [-0.1, -0.05) is 20.3 Å². The summed E-state index contributed by atoms with van der Waals surface area (Å²) in [7, 11) is 1.77. The lowest BCUT2D eigenvalue weighted by molar-refractivity contribution is -0.161. The van der Waals surface area contributed by atoms with Crippen LogP contribution < -0.4 is 0 Å². The van der Waals surface area contributed by atoms with E-state index in [9.17, 15) is 4.79 Å². The van der Waals surface area contributed by atoms with Crippen molar-refractivity contribution in [1.29, 1.82) is 0 Å². The second kappa shape index (κ2) is 7.78. The molecule has 0 N–H and O–H groups in total. The van der Waals surface area contributed by atoms with Crippen molar-refractivity contribution in [3.8, 4) is 0 Å². The minimum absolute atomic E-state index is 0.0128. The van der Waals surface area contributed by atoms with Crippen LogP contribution in [0.25, 0.3) is 0 Å². The van der Waals surface area contributed by atoms with Gasteiger partial charge < -0.3 is 9.47 Å². The van der Waals surface area contributed by atoms with Crippen LogP contribution in [0.2, 0.25) is 0 Å². The highest BCUT2D eigenvalue weighted by atomic mass is 16.5. The molecule has 0 aromatic heterocycles. The molecule has 1 heterocycles. The van der Waals surface area contributed by atoms with E-state index in [0.29, 0.717) is 18.6 Å². The van der Waals surface area contributed by atoms with Gasteiger partial charge in [-0.2, -0.15) is 0 Å². The van der Waals surface area contributed by atoms with Crippen LogP contribution in [0.5, 0.6) is 0 Å². The van der Waals surface area contributed by atoms with Crippen molar-refractivity contribution >= 4 is 5.97 Å². The first-order valence-corrected chi connectivity index (χ1v) is 8.88. The van der Waals surface area contributed by atoms with Crippen LogP contribution in [-0.2, 0) is 14.3 Å². The highest BCUT2D eigenvalue weighted by molar-refractivity contribution is 5.74. The first kappa shape index (κ1) is 17.7. The van der Waals surface area contributed by atoms with Crippen molar-refractivity contribution in [2.24, 2.45) is 17.3 Å². The SMILES string of the molecule is CCOC(=O)C1CC(CC(C)(C)COC)C1N1CCCCC1. The van der Waals surface area contributed by atoms with Crippen LogP contribution in [0.1, 0.15) is 52.9 Å². The molecule has 0 radical (unpaired) electrons. The summed E-state index contributed by atoms with van der Waals surface area (Å²) >= 11 is 0. The van der Waals surface area contributed by atoms with Gasteiger partial charge in [0.05, 0.1) is 19.1 Å². The highest BCUT2D eigenvalue weighted by Gasteiger charge is 2.50. The molecule has 128 valence electrons. The smallest absolute Gasteiger partial charge is 0.310 e. The number of ether oxygens (including phenoxy) is 2. The van der Waals surface area contributed by atoms with E-state index in [2.05, 4.69) is 18.7 Å². The molecule has 1 aliphatic carbocycles. The molecule has 2 rings (SSSR count). The average Bonchev–Trinajstić information content (AvgIpc) is 2.44. The van der Waals surface area contributed by atoms with E-state index in [0.717, 1.165) is 32.5 Å². The van der Waals surface area contributed by atoms with Crippen LogP contribution in [0, 0.1) is 17.3 Å². The number of esters is 1. The molecule has 2 aliphatic rings. The molecule has 2 fully saturated rings. The molecular weight excluding hydrogens is 278 g/mol. The van der Waals surface area contributed by atoms with Gasteiger partial charge in [0.25, 0.3) is 0 Å². The van der Waals surface area contributed by atoms with E-state index in [1.807, 2.05) is 6.92 Å². The maximum absolute atomic E-state index is 12.2. The Balaban J connectivity index is 2.01. The molecule has 4 heteroatoms. The number of rotatable bonds is 7. The molecule has 22 heavy (non-hydrogen) atoms. The van der Waals surface area contributed by atoms with Crippen molar-refractivity contribution in [3.63, 3.8) is 0 Å². The Morgan fingerprint density at radius 1 is 1.23 bits per heavy atom. The Morgan fingerprint density at radius 3 is 2.50 bits per heavy atom. The van der Waals surface area contributed by atoms with Gasteiger partial charge in [-0.3, -0.25) is 9.69 Å². The molecule has 3 atom stereocenters. The highest BCUT2D eigenvalue weighted by Crippen LogP contribution is 2.45. The second-order valence-electron chi connectivity index (χ2n) is 7.74. The molecule has 0 aromatic rings. The zero-order valence-corrected chi connectivity index (χ0v) is 14.8. The fraction of sp³-hybridized carbons (Fsp3) is 0.944. The van der Waals surface area contributed by atoms with Gasteiger partial charge in [-0.05, 0) is 57.0 Å².